The van der Waals surface area contributed by atoms with E-state index in [1.54, 1.807) is 18.2 Å². The highest BCUT2D eigenvalue weighted by molar-refractivity contribution is 14.1. The molecule has 1 N–H and O–H groups in total. The second-order valence-corrected chi connectivity index (χ2v) is 5.37. The molecule has 1 aromatic rings. The lowest BCUT2D eigenvalue weighted by molar-refractivity contribution is 0.0950. The molecule has 0 atom stereocenters. The highest BCUT2D eigenvalue weighted by Crippen LogP contribution is 2.22. The van der Waals surface area contributed by atoms with Crippen molar-refractivity contribution in [3.05, 3.63) is 28.8 Å². The Morgan fingerprint density at radius 2 is 2.17 bits per heavy atom. The van der Waals surface area contributed by atoms with Crippen LogP contribution >= 0.6 is 34.2 Å². The lowest BCUT2D eigenvalue weighted by Gasteiger charge is -2.09. The summed E-state index contributed by atoms with van der Waals surface area (Å²) >= 11 is 8.21. The lowest BCUT2D eigenvalue weighted by Crippen LogP contribution is -2.24. The molecule has 0 radical (unpaired) electrons. The van der Waals surface area contributed by atoms with E-state index in [1.165, 1.54) is 13.5 Å². The van der Waals surface area contributed by atoms with Gasteiger partial charge in [-0.1, -0.05) is 40.6 Å². The zero-order chi connectivity index (χ0) is 13.4. The van der Waals surface area contributed by atoms with Crippen molar-refractivity contribution in [2.45, 2.75) is 19.3 Å². The molecule has 5 heteroatoms. The standard InChI is InChI=1S/C13H17ClINO2/c1-18-12-9-10(14)5-6-11(12)13(17)16-8-4-2-3-7-15/h5-6,9H,2-4,7-8H2,1H3,(H,16,17). The van der Waals surface area contributed by atoms with Gasteiger partial charge in [-0.05, 0) is 35.5 Å². The summed E-state index contributed by atoms with van der Waals surface area (Å²) in [4.78, 5) is 11.9. The van der Waals surface area contributed by atoms with Gasteiger partial charge in [0.1, 0.15) is 5.75 Å². The molecule has 3 nitrogen and oxygen atoms in total. The van der Waals surface area contributed by atoms with Crippen molar-refractivity contribution in [3.8, 4) is 5.75 Å². The summed E-state index contributed by atoms with van der Waals surface area (Å²) in [7, 11) is 1.53. The molecule has 0 unspecified atom stereocenters. The first-order chi connectivity index (χ1) is 8.69. The van der Waals surface area contributed by atoms with Crippen molar-refractivity contribution in [2.75, 3.05) is 18.1 Å². The van der Waals surface area contributed by atoms with Crippen LogP contribution in [0.1, 0.15) is 29.6 Å². The third-order valence-electron chi connectivity index (χ3n) is 2.50. The number of carbonyl (C=O) groups is 1. The summed E-state index contributed by atoms with van der Waals surface area (Å²) in [5.41, 5.74) is 0.524. The number of benzene rings is 1. The predicted molar refractivity (Wildman–Crippen MR) is 83.1 cm³/mol. The molecule has 0 aliphatic rings. The summed E-state index contributed by atoms with van der Waals surface area (Å²) in [5.74, 6) is 0.394. The molecule has 0 aliphatic heterocycles. The predicted octanol–water partition coefficient (Wildman–Crippen LogP) is 3.68. The number of nitrogens with one attached hydrogen (secondary N) is 1. The number of carbonyl (C=O) groups excluding carboxylic acids is 1. The topological polar surface area (TPSA) is 38.3 Å². The summed E-state index contributed by atoms with van der Waals surface area (Å²) < 4.78 is 6.31. The average Bonchev–Trinajstić information content (AvgIpc) is 2.38. The van der Waals surface area contributed by atoms with E-state index in [9.17, 15) is 4.79 Å². The third kappa shape index (κ3) is 5.02. The minimum absolute atomic E-state index is 0.113. The van der Waals surface area contributed by atoms with Gasteiger partial charge in [-0.15, -0.1) is 0 Å². The maximum Gasteiger partial charge on any atom is 0.255 e. The number of ether oxygens (including phenoxy) is 1. The molecule has 0 bridgehead atoms. The molecule has 1 aromatic carbocycles. The van der Waals surface area contributed by atoms with E-state index in [1.807, 2.05) is 0 Å². The van der Waals surface area contributed by atoms with Gasteiger partial charge in [-0.2, -0.15) is 0 Å². The van der Waals surface area contributed by atoms with Gasteiger partial charge in [-0.25, -0.2) is 0 Å². The van der Waals surface area contributed by atoms with Crippen LogP contribution < -0.4 is 10.1 Å². The number of halogens is 2. The Morgan fingerprint density at radius 3 is 2.83 bits per heavy atom. The van der Waals surface area contributed by atoms with Crippen molar-refractivity contribution in [1.29, 1.82) is 0 Å². The molecule has 100 valence electrons. The van der Waals surface area contributed by atoms with Gasteiger partial charge in [0, 0.05) is 11.6 Å². The molecule has 0 aliphatic carbocycles. The maximum absolute atomic E-state index is 11.9. The van der Waals surface area contributed by atoms with E-state index >= 15 is 0 Å². The van der Waals surface area contributed by atoms with Crippen LogP contribution in [0.5, 0.6) is 5.75 Å². The Morgan fingerprint density at radius 1 is 1.39 bits per heavy atom. The first kappa shape index (κ1) is 15.6. The molecule has 0 saturated heterocycles. The van der Waals surface area contributed by atoms with Crippen molar-refractivity contribution in [1.82, 2.24) is 5.32 Å². The molecule has 1 amide bonds. The number of hydrogen-bond donors (Lipinski definition) is 1. The van der Waals surface area contributed by atoms with Gasteiger partial charge in [0.2, 0.25) is 0 Å². The summed E-state index contributed by atoms with van der Waals surface area (Å²) in [5, 5.41) is 3.45. The van der Waals surface area contributed by atoms with Gasteiger partial charge in [0.25, 0.3) is 5.91 Å². The second-order valence-electron chi connectivity index (χ2n) is 3.85. The number of amides is 1. The smallest absolute Gasteiger partial charge is 0.255 e. The van der Waals surface area contributed by atoms with Crippen LogP contribution in [-0.2, 0) is 0 Å². The van der Waals surface area contributed by atoms with Crippen LogP contribution in [0.4, 0.5) is 0 Å². The van der Waals surface area contributed by atoms with Gasteiger partial charge >= 0.3 is 0 Å². The molecule has 0 heterocycles. The number of hydrogen-bond acceptors (Lipinski definition) is 2. The minimum atomic E-state index is -0.113. The van der Waals surface area contributed by atoms with E-state index in [0.717, 1.165) is 17.3 Å². The Kier molecular flexibility index (Phi) is 7.42. The normalized spacial score (nSPS) is 10.2. The number of methoxy groups -OCH3 is 1. The van der Waals surface area contributed by atoms with Crippen LogP contribution in [0.3, 0.4) is 0 Å². The van der Waals surface area contributed by atoms with E-state index < -0.39 is 0 Å². The van der Waals surface area contributed by atoms with Crippen LogP contribution in [0.2, 0.25) is 5.02 Å². The highest BCUT2D eigenvalue weighted by Gasteiger charge is 2.11. The molecular formula is C13H17ClINO2. The first-order valence-corrected chi connectivity index (χ1v) is 7.77. The van der Waals surface area contributed by atoms with Gasteiger partial charge < -0.3 is 10.1 Å². The van der Waals surface area contributed by atoms with Crippen molar-refractivity contribution < 1.29 is 9.53 Å². The Balaban J connectivity index is 2.51. The highest BCUT2D eigenvalue weighted by atomic mass is 127. The average molecular weight is 382 g/mol. The van der Waals surface area contributed by atoms with Crippen molar-refractivity contribution >= 4 is 40.1 Å². The molecule has 0 spiro atoms. The Labute approximate surface area is 126 Å². The van der Waals surface area contributed by atoms with Gasteiger partial charge in [0.15, 0.2) is 0 Å². The number of unbranched alkanes of at least 4 members (excludes halogenated alkanes) is 2. The number of rotatable bonds is 7. The Hall–Kier alpha value is -0.490. The van der Waals surface area contributed by atoms with Crippen LogP contribution in [0.15, 0.2) is 18.2 Å². The van der Waals surface area contributed by atoms with Crippen LogP contribution in [0.25, 0.3) is 0 Å². The van der Waals surface area contributed by atoms with Crippen LogP contribution in [0, 0.1) is 0 Å². The van der Waals surface area contributed by atoms with Gasteiger partial charge in [-0.3, -0.25) is 4.79 Å². The lowest BCUT2D eigenvalue weighted by atomic mass is 10.2. The fraction of sp³-hybridized carbons (Fsp3) is 0.462. The quantitative estimate of drug-likeness (QED) is 0.444. The third-order valence-corrected chi connectivity index (χ3v) is 3.50. The summed E-state index contributed by atoms with van der Waals surface area (Å²) in [6, 6.07) is 5.02. The van der Waals surface area contributed by atoms with E-state index in [4.69, 9.17) is 16.3 Å². The molecule has 1 rings (SSSR count). The van der Waals surface area contributed by atoms with E-state index in [-0.39, 0.29) is 5.91 Å². The van der Waals surface area contributed by atoms with E-state index in [0.29, 0.717) is 22.9 Å². The fourth-order valence-electron chi connectivity index (χ4n) is 1.55. The zero-order valence-electron chi connectivity index (χ0n) is 10.3. The van der Waals surface area contributed by atoms with Gasteiger partial charge in [0.05, 0.1) is 12.7 Å². The van der Waals surface area contributed by atoms with Crippen molar-refractivity contribution in [3.63, 3.8) is 0 Å². The molecule has 18 heavy (non-hydrogen) atoms. The monoisotopic (exact) mass is 381 g/mol. The second kappa shape index (κ2) is 8.58. The molecule has 0 aromatic heterocycles. The van der Waals surface area contributed by atoms with Crippen molar-refractivity contribution in [2.24, 2.45) is 0 Å². The molecule has 0 saturated carbocycles. The zero-order valence-corrected chi connectivity index (χ0v) is 13.3. The summed E-state index contributed by atoms with van der Waals surface area (Å²) in [6.45, 7) is 0.696. The SMILES string of the molecule is COc1cc(Cl)ccc1C(=O)NCCCCCI. The summed E-state index contributed by atoms with van der Waals surface area (Å²) in [6.07, 6.45) is 3.34. The maximum atomic E-state index is 11.9. The van der Waals surface area contributed by atoms with E-state index in [2.05, 4.69) is 27.9 Å². The Bertz CT molecular complexity index is 399. The molecular weight excluding hydrogens is 365 g/mol. The van der Waals surface area contributed by atoms with Crippen LogP contribution in [-0.4, -0.2) is 24.0 Å². The first-order valence-electron chi connectivity index (χ1n) is 5.86. The largest absolute Gasteiger partial charge is 0.496 e. The molecule has 0 fully saturated rings. The minimum Gasteiger partial charge on any atom is -0.496 e. The number of alkyl halides is 1. The fourth-order valence-corrected chi connectivity index (χ4v) is 2.25.